The number of hydrogen-bond donors (Lipinski definition) is 4. The number of phenols is 1. The molecule has 0 saturated heterocycles. The van der Waals surface area contributed by atoms with Crippen LogP contribution in [0.5, 0.6) is 17.2 Å². The highest BCUT2D eigenvalue weighted by Gasteiger charge is 2.22. The van der Waals surface area contributed by atoms with Crippen molar-refractivity contribution < 1.29 is 24.2 Å². The maximum Gasteiger partial charge on any atom is 0.260 e. The zero-order valence-corrected chi connectivity index (χ0v) is 25.6. The van der Waals surface area contributed by atoms with E-state index in [-0.39, 0.29) is 59.0 Å². The molecule has 10 nitrogen and oxygen atoms in total. The largest absolute Gasteiger partial charge is 0.507 e. The van der Waals surface area contributed by atoms with Crippen molar-refractivity contribution in [2.45, 2.75) is 12.6 Å². The van der Waals surface area contributed by atoms with Crippen molar-refractivity contribution in [1.29, 1.82) is 5.26 Å². The minimum atomic E-state index is -1.33. The van der Waals surface area contributed by atoms with Gasteiger partial charge in [-0.05, 0) is 61.0 Å². The number of carbonyl (C=O) groups excluding carboxylic acids is 2. The van der Waals surface area contributed by atoms with Gasteiger partial charge in [0.15, 0.2) is 12.1 Å². The summed E-state index contributed by atoms with van der Waals surface area (Å²) >= 11 is 6.04. The summed E-state index contributed by atoms with van der Waals surface area (Å²) in [5, 5.41) is 26.8. The molecule has 4 aromatic rings. The number of aldehydes is 1. The molecule has 0 fully saturated rings. The van der Waals surface area contributed by atoms with Crippen LogP contribution in [0.3, 0.4) is 0 Å². The monoisotopic (exact) mass is 643 g/mol. The number of hydrogen-bond acceptors (Lipinski definition) is 9. The lowest BCUT2D eigenvalue weighted by Crippen LogP contribution is -2.46. The van der Waals surface area contributed by atoms with Gasteiger partial charge in [-0.1, -0.05) is 23.7 Å². The van der Waals surface area contributed by atoms with Gasteiger partial charge in [-0.15, -0.1) is 24.8 Å². The molecule has 5 N–H and O–H groups in total. The summed E-state index contributed by atoms with van der Waals surface area (Å²) < 4.78 is 10.6. The molecular formula is C30H28Cl3N5O5. The summed E-state index contributed by atoms with van der Waals surface area (Å²) in [7, 11) is 2.92. The zero-order valence-electron chi connectivity index (χ0n) is 23.2. The number of ether oxygens (including phenoxy) is 2. The van der Waals surface area contributed by atoms with Crippen LogP contribution >= 0.6 is 36.4 Å². The molecule has 0 unspecified atom stereocenters. The Balaban J connectivity index is 0.00000323. The van der Waals surface area contributed by atoms with Crippen molar-refractivity contribution in [3.63, 3.8) is 0 Å². The molecule has 1 aromatic heterocycles. The highest BCUT2D eigenvalue weighted by atomic mass is 35.5. The van der Waals surface area contributed by atoms with Crippen LogP contribution in [0, 0.1) is 11.3 Å². The standard InChI is InChI=1S/C30H26ClN5O5.2ClH/c1-30(33,16-37)36-19-6-4-5-17(11-19)23-14-25(21-9-7-18(31)12-26(21)38)34-28(24(23)15-32)35-29(39)22-10-8-20(40-2)13-27(22)41-3;;/h4-14,16,36,38H,33H2,1-3H3,(H,34,35,39);2*1H/t30-;;/m0../s1. The Kier molecular flexibility index (Phi) is 11.8. The summed E-state index contributed by atoms with van der Waals surface area (Å²) in [4.78, 5) is 29.3. The number of nitrogens with two attached hydrogens (primary N) is 1. The van der Waals surface area contributed by atoms with Crippen molar-refractivity contribution in [3.8, 4) is 45.7 Å². The Morgan fingerprint density at radius 3 is 2.44 bits per heavy atom. The third-order valence-corrected chi connectivity index (χ3v) is 6.32. The van der Waals surface area contributed by atoms with Gasteiger partial charge in [-0.2, -0.15) is 5.26 Å². The molecule has 0 bridgehead atoms. The van der Waals surface area contributed by atoms with E-state index in [1.54, 1.807) is 54.6 Å². The van der Waals surface area contributed by atoms with Crippen LogP contribution in [0.15, 0.2) is 66.7 Å². The van der Waals surface area contributed by atoms with Gasteiger partial charge in [0.25, 0.3) is 5.91 Å². The predicted molar refractivity (Wildman–Crippen MR) is 171 cm³/mol. The number of anilines is 2. The molecule has 0 radical (unpaired) electrons. The van der Waals surface area contributed by atoms with Crippen LogP contribution < -0.4 is 25.8 Å². The van der Waals surface area contributed by atoms with Gasteiger partial charge in [-0.3, -0.25) is 9.59 Å². The SMILES string of the molecule is COc1ccc(C(=O)Nc2nc(-c3ccc(Cl)cc3O)cc(-c3cccc(N[C@](C)(N)C=O)c3)c2C#N)c(OC)c1.Cl.Cl. The van der Waals surface area contributed by atoms with Crippen LogP contribution in [0.4, 0.5) is 11.5 Å². The fraction of sp³-hybridized carbons (Fsp3) is 0.133. The molecule has 43 heavy (non-hydrogen) atoms. The Morgan fingerprint density at radius 2 is 1.81 bits per heavy atom. The Labute approximate surface area is 265 Å². The first-order chi connectivity index (χ1) is 19.6. The number of nitriles is 1. The van der Waals surface area contributed by atoms with Gasteiger partial charge in [0, 0.05) is 27.9 Å². The summed E-state index contributed by atoms with van der Waals surface area (Å²) in [6.45, 7) is 1.52. The zero-order chi connectivity index (χ0) is 29.7. The second-order valence-electron chi connectivity index (χ2n) is 9.18. The second kappa shape index (κ2) is 14.6. The first-order valence-electron chi connectivity index (χ1n) is 12.2. The number of phenolic OH excluding ortho intramolecular Hbond substituents is 1. The van der Waals surface area contributed by atoms with E-state index in [2.05, 4.69) is 21.7 Å². The Morgan fingerprint density at radius 1 is 1.07 bits per heavy atom. The molecule has 13 heteroatoms. The van der Waals surface area contributed by atoms with Crippen molar-refractivity contribution in [2.24, 2.45) is 5.73 Å². The molecule has 0 spiro atoms. The summed E-state index contributed by atoms with van der Waals surface area (Å²) in [6, 6.07) is 19.9. The van der Waals surface area contributed by atoms with Crippen molar-refractivity contribution in [3.05, 3.63) is 82.9 Å². The Hall–Kier alpha value is -4.53. The van der Waals surface area contributed by atoms with Crippen LogP contribution in [0.2, 0.25) is 5.02 Å². The lowest BCUT2D eigenvalue weighted by molar-refractivity contribution is -0.111. The van der Waals surface area contributed by atoms with Gasteiger partial charge in [0.05, 0.1) is 25.5 Å². The minimum absolute atomic E-state index is 0. The van der Waals surface area contributed by atoms with Crippen molar-refractivity contribution in [2.75, 3.05) is 24.9 Å². The first-order valence-corrected chi connectivity index (χ1v) is 12.6. The van der Waals surface area contributed by atoms with E-state index in [1.807, 2.05) is 0 Å². The first kappa shape index (κ1) is 34.7. The predicted octanol–water partition coefficient (Wildman–Crippen LogP) is 6.05. The molecule has 0 aliphatic rings. The number of carbonyl (C=O) groups is 2. The fourth-order valence-corrected chi connectivity index (χ4v) is 4.27. The number of aromatic nitrogens is 1. The van der Waals surface area contributed by atoms with Gasteiger partial charge in [-0.25, -0.2) is 4.98 Å². The summed E-state index contributed by atoms with van der Waals surface area (Å²) in [5.74, 6) is -0.0290. The second-order valence-corrected chi connectivity index (χ2v) is 9.62. The molecule has 1 atom stereocenters. The average molecular weight is 645 g/mol. The van der Waals surface area contributed by atoms with E-state index in [0.717, 1.165) is 0 Å². The molecule has 0 aliphatic heterocycles. The third-order valence-electron chi connectivity index (χ3n) is 6.08. The molecule has 4 rings (SSSR count). The maximum absolute atomic E-state index is 13.4. The van der Waals surface area contributed by atoms with Crippen LogP contribution in [-0.4, -0.2) is 42.2 Å². The summed E-state index contributed by atoms with van der Waals surface area (Å²) in [6.07, 6.45) is 0.579. The molecular weight excluding hydrogens is 617 g/mol. The highest BCUT2D eigenvalue weighted by molar-refractivity contribution is 6.30. The van der Waals surface area contributed by atoms with Crippen LogP contribution in [0.25, 0.3) is 22.4 Å². The van der Waals surface area contributed by atoms with E-state index in [9.17, 15) is 20.0 Å². The number of aromatic hydroxyl groups is 1. The van der Waals surface area contributed by atoms with E-state index in [1.165, 1.54) is 33.3 Å². The quantitative estimate of drug-likeness (QED) is 0.126. The lowest BCUT2D eigenvalue weighted by atomic mass is 9.97. The van der Waals surface area contributed by atoms with E-state index < -0.39 is 11.6 Å². The fourth-order valence-electron chi connectivity index (χ4n) is 4.10. The number of nitrogens with one attached hydrogen (secondary N) is 2. The average Bonchev–Trinajstić information content (AvgIpc) is 2.96. The number of pyridine rings is 1. The number of halogens is 3. The van der Waals surface area contributed by atoms with Crippen LogP contribution in [0.1, 0.15) is 22.8 Å². The van der Waals surface area contributed by atoms with E-state index in [4.69, 9.17) is 26.8 Å². The maximum atomic E-state index is 13.4. The molecule has 224 valence electrons. The third kappa shape index (κ3) is 7.85. The van der Waals surface area contributed by atoms with E-state index in [0.29, 0.717) is 39.4 Å². The topological polar surface area (TPSA) is 160 Å². The number of benzene rings is 3. The number of rotatable bonds is 9. The van der Waals surface area contributed by atoms with Crippen molar-refractivity contribution in [1.82, 2.24) is 4.98 Å². The molecule has 0 aliphatic carbocycles. The minimum Gasteiger partial charge on any atom is -0.507 e. The summed E-state index contributed by atoms with van der Waals surface area (Å²) in [5.41, 5.74) is 6.93. The number of amides is 1. The number of nitrogens with zero attached hydrogens (tertiary/aromatic N) is 2. The van der Waals surface area contributed by atoms with Gasteiger partial charge in [0.2, 0.25) is 0 Å². The Bertz CT molecular complexity index is 1690. The molecule has 1 amide bonds. The molecule has 3 aromatic carbocycles. The normalized spacial score (nSPS) is 11.4. The van der Waals surface area contributed by atoms with Gasteiger partial charge in [0.1, 0.15) is 34.5 Å². The number of methoxy groups -OCH3 is 2. The van der Waals surface area contributed by atoms with Crippen LogP contribution in [-0.2, 0) is 4.79 Å². The molecule has 1 heterocycles. The van der Waals surface area contributed by atoms with Gasteiger partial charge >= 0.3 is 0 Å². The van der Waals surface area contributed by atoms with E-state index >= 15 is 0 Å². The smallest absolute Gasteiger partial charge is 0.260 e. The van der Waals surface area contributed by atoms with Crippen molar-refractivity contribution >= 4 is 60.1 Å². The molecule has 0 saturated carbocycles. The highest BCUT2D eigenvalue weighted by Crippen LogP contribution is 2.37. The lowest BCUT2D eigenvalue weighted by Gasteiger charge is -2.21. The van der Waals surface area contributed by atoms with Gasteiger partial charge < -0.3 is 30.9 Å².